The Kier molecular flexibility index (Phi) is 4.42. The van der Waals surface area contributed by atoms with Gasteiger partial charge in [0.1, 0.15) is 0 Å². The molecule has 0 aliphatic carbocycles. The smallest absolute Gasteiger partial charge is 0.151 e. The third kappa shape index (κ3) is 2.93. The lowest BCUT2D eigenvalue weighted by Gasteiger charge is -2.25. The van der Waals surface area contributed by atoms with Crippen LogP contribution in [-0.4, -0.2) is 37.3 Å². The lowest BCUT2D eigenvalue weighted by Crippen LogP contribution is -2.31. The lowest BCUT2D eigenvalue weighted by atomic mass is 10.2. The van der Waals surface area contributed by atoms with E-state index in [0.29, 0.717) is 0 Å². The van der Waals surface area contributed by atoms with Crippen LogP contribution < -0.4 is 10.2 Å². The molecular weight excluding hydrogens is 226 g/mol. The summed E-state index contributed by atoms with van der Waals surface area (Å²) in [5.74, 6) is 1.07. The molecule has 2 unspecified atom stereocenters. The van der Waals surface area contributed by atoms with Crippen molar-refractivity contribution in [1.29, 1.82) is 0 Å². The van der Waals surface area contributed by atoms with Crippen molar-refractivity contribution < 1.29 is 4.74 Å². The molecule has 0 aromatic carbocycles. The van der Waals surface area contributed by atoms with E-state index in [1.54, 1.807) is 7.11 Å². The summed E-state index contributed by atoms with van der Waals surface area (Å²) < 4.78 is 5.35. The molecule has 1 saturated heterocycles. The van der Waals surface area contributed by atoms with E-state index in [1.165, 1.54) is 12.8 Å². The lowest BCUT2D eigenvalue weighted by molar-refractivity contribution is 0.106. The van der Waals surface area contributed by atoms with Crippen LogP contribution in [0.1, 0.15) is 26.7 Å². The second-order valence-electron chi connectivity index (χ2n) is 4.94. The Bertz CT molecular complexity index is 377. The van der Waals surface area contributed by atoms with Crippen LogP contribution in [0.25, 0.3) is 0 Å². The van der Waals surface area contributed by atoms with Gasteiger partial charge in [-0.15, -0.1) is 0 Å². The van der Waals surface area contributed by atoms with Gasteiger partial charge in [-0.25, -0.2) is 4.98 Å². The van der Waals surface area contributed by atoms with Crippen molar-refractivity contribution in [2.45, 2.75) is 38.8 Å². The van der Waals surface area contributed by atoms with E-state index in [-0.39, 0.29) is 12.1 Å². The molecule has 0 amide bonds. The number of hydrogen-bond acceptors (Lipinski definition) is 4. The number of aromatic nitrogens is 1. The van der Waals surface area contributed by atoms with E-state index < -0.39 is 0 Å². The Morgan fingerprint density at radius 1 is 1.33 bits per heavy atom. The molecule has 0 radical (unpaired) electrons. The molecule has 2 heterocycles. The van der Waals surface area contributed by atoms with Crippen molar-refractivity contribution in [2.24, 2.45) is 0 Å². The summed E-state index contributed by atoms with van der Waals surface area (Å²) in [4.78, 5) is 6.88. The van der Waals surface area contributed by atoms with Crippen LogP contribution in [0.2, 0.25) is 0 Å². The zero-order valence-electron chi connectivity index (χ0n) is 11.5. The van der Waals surface area contributed by atoms with Gasteiger partial charge in [0, 0.05) is 32.4 Å². The zero-order chi connectivity index (χ0) is 13.0. The first-order valence-corrected chi connectivity index (χ1v) is 6.71. The van der Waals surface area contributed by atoms with Gasteiger partial charge >= 0.3 is 0 Å². The molecular formula is C14H23N3O. The molecule has 1 fully saturated rings. The van der Waals surface area contributed by atoms with E-state index in [0.717, 1.165) is 24.6 Å². The fraction of sp³-hybridized carbons (Fsp3) is 0.643. The average molecular weight is 249 g/mol. The highest BCUT2D eigenvalue weighted by atomic mass is 16.5. The topological polar surface area (TPSA) is 37.4 Å². The number of hydrogen-bond donors (Lipinski definition) is 1. The number of anilines is 2. The number of ether oxygens (including phenoxy) is 1. The average Bonchev–Trinajstić information content (AvgIpc) is 2.92. The molecule has 1 N–H and O–H groups in total. The van der Waals surface area contributed by atoms with Crippen molar-refractivity contribution in [3.63, 3.8) is 0 Å². The summed E-state index contributed by atoms with van der Waals surface area (Å²) >= 11 is 0. The van der Waals surface area contributed by atoms with Crippen molar-refractivity contribution in [3.8, 4) is 0 Å². The predicted molar refractivity (Wildman–Crippen MR) is 75.2 cm³/mol. The third-order valence-electron chi connectivity index (χ3n) is 3.65. The standard InChI is InChI=1S/C14H23N3O/c1-11(12(2)18-3)16-13-7-6-8-15-14(13)17-9-4-5-10-17/h6-8,11-12,16H,4-5,9-10H2,1-3H3. The molecule has 1 aromatic heterocycles. The highest BCUT2D eigenvalue weighted by Gasteiger charge is 2.19. The fourth-order valence-electron chi connectivity index (χ4n) is 2.26. The first-order valence-electron chi connectivity index (χ1n) is 6.71. The minimum Gasteiger partial charge on any atom is -0.380 e. The summed E-state index contributed by atoms with van der Waals surface area (Å²) in [6, 6.07) is 4.34. The second-order valence-corrected chi connectivity index (χ2v) is 4.94. The molecule has 4 heteroatoms. The monoisotopic (exact) mass is 249 g/mol. The Hall–Kier alpha value is -1.29. The van der Waals surface area contributed by atoms with Gasteiger partial charge in [-0.1, -0.05) is 0 Å². The van der Waals surface area contributed by atoms with E-state index in [2.05, 4.69) is 35.1 Å². The molecule has 2 rings (SSSR count). The quantitative estimate of drug-likeness (QED) is 0.870. The van der Waals surface area contributed by atoms with Gasteiger partial charge < -0.3 is 15.0 Å². The Labute approximate surface area is 109 Å². The van der Waals surface area contributed by atoms with Crippen LogP contribution >= 0.6 is 0 Å². The third-order valence-corrected chi connectivity index (χ3v) is 3.65. The summed E-state index contributed by atoms with van der Waals surface area (Å²) in [6.07, 6.45) is 4.57. The highest BCUT2D eigenvalue weighted by molar-refractivity contribution is 5.66. The number of nitrogens with zero attached hydrogens (tertiary/aromatic N) is 2. The number of pyridine rings is 1. The van der Waals surface area contributed by atoms with E-state index in [9.17, 15) is 0 Å². The van der Waals surface area contributed by atoms with Crippen LogP contribution in [-0.2, 0) is 4.74 Å². The van der Waals surface area contributed by atoms with Crippen LogP contribution in [0.5, 0.6) is 0 Å². The van der Waals surface area contributed by atoms with Crippen LogP contribution in [0.3, 0.4) is 0 Å². The first-order chi connectivity index (χ1) is 8.72. The molecule has 0 saturated carbocycles. The summed E-state index contributed by atoms with van der Waals surface area (Å²) in [7, 11) is 1.74. The maximum atomic E-state index is 5.35. The minimum absolute atomic E-state index is 0.177. The zero-order valence-corrected chi connectivity index (χ0v) is 11.5. The van der Waals surface area contributed by atoms with Gasteiger partial charge in [-0.3, -0.25) is 0 Å². The highest BCUT2D eigenvalue weighted by Crippen LogP contribution is 2.26. The Balaban J connectivity index is 2.12. The molecule has 0 bridgehead atoms. The maximum Gasteiger partial charge on any atom is 0.151 e. The van der Waals surface area contributed by atoms with Gasteiger partial charge in [-0.05, 0) is 38.8 Å². The first kappa shape index (κ1) is 13.1. The largest absolute Gasteiger partial charge is 0.380 e. The second kappa shape index (κ2) is 6.05. The molecule has 100 valence electrons. The van der Waals surface area contributed by atoms with Crippen molar-refractivity contribution in [1.82, 2.24) is 4.98 Å². The van der Waals surface area contributed by atoms with Crippen LogP contribution in [0.15, 0.2) is 18.3 Å². The summed E-state index contributed by atoms with van der Waals surface area (Å²) in [6.45, 7) is 6.43. The van der Waals surface area contributed by atoms with Crippen molar-refractivity contribution in [3.05, 3.63) is 18.3 Å². The van der Waals surface area contributed by atoms with Crippen molar-refractivity contribution in [2.75, 3.05) is 30.4 Å². The molecule has 1 aliphatic heterocycles. The summed E-state index contributed by atoms with van der Waals surface area (Å²) in [5.41, 5.74) is 1.11. The Morgan fingerprint density at radius 2 is 2.06 bits per heavy atom. The van der Waals surface area contributed by atoms with E-state index >= 15 is 0 Å². The van der Waals surface area contributed by atoms with Gasteiger partial charge in [0.25, 0.3) is 0 Å². The van der Waals surface area contributed by atoms with Crippen LogP contribution in [0.4, 0.5) is 11.5 Å². The van der Waals surface area contributed by atoms with E-state index in [4.69, 9.17) is 4.74 Å². The molecule has 18 heavy (non-hydrogen) atoms. The molecule has 1 aliphatic rings. The predicted octanol–water partition coefficient (Wildman–Crippen LogP) is 2.52. The number of methoxy groups -OCH3 is 1. The molecule has 4 nitrogen and oxygen atoms in total. The van der Waals surface area contributed by atoms with Gasteiger partial charge in [-0.2, -0.15) is 0 Å². The van der Waals surface area contributed by atoms with Gasteiger partial charge in [0.2, 0.25) is 0 Å². The Morgan fingerprint density at radius 3 is 2.72 bits per heavy atom. The summed E-state index contributed by atoms with van der Waals surface area (Å²) in [5, 5.41) is 3.51. The molecule has 0 spiro atoms. The van der Waals surface area contributed by atoms with Gasteiger partial charge in [0.15, 0.2) is 5.82 Å². The normalized spacial score (nSPS) is 18.7. The molecule has 1 aromatic rings. The SMILES string of the molecule is COC(C)C(C)Nc1cccnc1N1CCCC1. The molecule has 2 atom stereocenters. The maximum absolute atomic E-state index is 5.35. The number of rotatable bonds is 5. The number of nitrogens with one attached hydrogen (secondary N) is 1. The van der Waals surface area contributed by atoms with E-state index in [1.807, 2.05) is 12.3 Å². The van der Waals surface area contributed by atoms with Crippen LogP contribution in [0, 0.1) is 0 Å². The minimum atomic E-state index is 0.177. The van der Waals surface area contributed by atoms with Gasteiger partial charge in [0.05, 0.1) is 11.8 Å². The van der Waals surface area contributed by atoms with Crippen molar-refractivity contribution >= 4 is 11.5 Å². The fourth-order valence-corrected chi connectivity index (χ4v) is 2.26.